The van der Waals surface area contributed by atoms with E-state index in [1.165, 1.54) is 4.90 Å². The monoisotopic (exact) mass is 288 g/mol. The molecular weight excluding hydrogens is 270 g/mol. The van der Waals surface area contributed by atoms with E-state index in [0.29, 0.717) is 10.9 Å². The van der Waals surface area contributed by atoms with Gasteiger partial charge in [-0.3, -0.25) is 9.59 Å². The van der Waals surface area contributed by atoms with Gasteiger partial charge < -0.3 is 9.80 Å². The number of fused-ring (bicyclic) bond motifs is 1. The number of nitrogens with zero attached hydrogens (tertiary/aromatic N) is 4. The number of hydrogen-bond donors (Lipinski definition) is 1. The molecule has 1 aromatic heterocycles. The van der Waals surface area contributed by atoms with Gasteiger partial charge in [-0.05, 0) is 12.1 Å². The van der Waals surface area contributed by atoms with Crippen molar-refractivity contribution in [3.8, 4) is 0 Å². The topological polar surface area (TPSA) is 72.5 Å². The molecule has 7 nitrogen and oxygen atoms in total. The van der Waals surface area contributed by atoms with Gasteiger partial charge in [-0.25, -0.2) is 4.68 Å². The molecule has 1 aliphatic rings. The van der Waals surface area contributed by atoms with E-state index in [-0.39, 0.29) is 18.0 Å². The Morgan fingerprint density at radius 3 is 2.76 bits per heavy atom. The Bertz CT molecular complexity index is 719. The van der Waals surface area contributed by atoms with Crippen molar-refractivity contribution in [3.63, 3.8) is 0 Å². The zero-order valence-electron chi connectivity index (χ0n) is 12.0. The summed E-state index contributed by atoms with van der Waals surface area (Å²) in [4.78, 5) is 27.7. The van der Waals surface area contributed by atoms with Gasteiger partial charge in [-0.1, -0.05) is 17.3 Å². The molecule has 1 fully saturated rings. The van der Waals surface area contributed by atoms with Crippen molar-refractivity contribution >= 4 is 16.8 Å². The van der Waals surface area contributed by atoms with Gasteiger partial charge in [0.15, 0.2) is 0 Å². The van der Waals surface area contributed by atoms with Crippen molar-refractivity contribution in [1.82, 2.24) is 19.9 Å². The predicted molar refractivity (Wildman–Crippen MR) is 77.0 cm³/mol. The molecule has 21 heavy (non-hydrogen) atoms. The largest absolute Gasteiger partial charge is 0.334 e. The molecule has 0 bridgehead atoms. The molecule has 1 N–H and O–H groups in total. The molecule has 2 heterocycles. The summed E-state index contributed by atoms with van der Waals surface area (Å²) in [6.07, 6.45) is 0. The lowest BCUT2D eigenvalue weighted by atomic mass is 10.2. The summed E-state index contributed by atoms with van der Waals surface area (Å²) < 4.78 is 1.15. The fourth-order valence-electron chi connectivity index (χ4n) is 2.49. The minimum atomic E-state index is -0.270. The second-order valence-electron chi connectivity index (χ2n) is 5.41. The molecule has 0 atom stereocenters. The van der Waals surface area contributed by atoms with E-state index in [4.69, 9.17) is 0 Å². The van der Waals surface area contributed by atoms with Crippen LogP contribution in [0.15, 0.2) is 29.1 Å². The molecule has 0 saturated carbocycles. The highest BCUT2D eigenvalue weighted by Gasteiger charge is 2.22. The maximum absolute atomic E-state index is 12.3. The number of aromatic nitrogens is 3. The number of piperazine rings is 1. The van der Waals surface area contributed by atoms with Gasteiger partial charge in [0, 0.05) is 0 Å². The zero-order valence-corrected chi connectivity index (χ0v) is 12.0. The molecule has 0 radical (unpaired) electrons. The van der Waals surface area contributed by atoms with Crippen LogP contribution < -0.4 is 10.5 Å². The molecule has 3 rings (SSSR count). The summed E-state index contributed by atoms with van der Waals surface area (Å²) in [5, 5.41) is 8.34. The number of amides is 1. The van der Waals surface area contributed by atoms with Crippen LogP contribution in [0.4, 0.5) is 0 Å². The Morgan fingerprint density at radius 2 is 2.00 bits per heavy atom. The van der Waals surface area contributed by atoms with Gasteiger partial charge in [-0.2, -0.15) is 0 Å². The Kier molecular flexibility index (Phi) is 3.66. The van der Waals surface area contributed by atoms with E-state index in [0.717, 1.165) is 30.9 Å². The van der Waals surface area contributed by atoms with E-state index < -0.39 is 0 Å². The third-order valence-corrected chi connectivity index (χ3v) is 3.88. The first kappa shape index (κ1) is 13.7. The van der Waals surface area contributed by atoms with Gasteiger partial charge in [0.2, 0.25) is 5.91 Å². The number of quaternary nitrogens is 1. The number of rotatable bonds is 2. The second-order valence-corrected chi connectivity index (χ2v) is 5.41. The third-order valence-electron chi connectivity index (χ3n) is 3.88. The van der Waals surface area contributed by atoms with Gasteiger partial charge >= 0.3 is 0 Å². The van der Waals surface area contributed by atoms with Gasteiger partial charge in [0.25, 0.3) is 5.56 Å². The Balaban J connectivity index is 1.80. The lowest BCUT2D eigenvalue weighted by Crippen LogP contribution is -3.12. The van der Waals surface area contributed by atoms with Crippen molar-refractivity contribution in [1.29, 1.82) is 0 Å². The van der Waals surface area contributed by atoms with Crippen LogP contribution in [-0.2, 0) is 11.3 Å². The summed E-state index contributed by atoms with van der Waals surface area (Å²) in [5.41, 5.74) is 0.281. The Labute approximate surface area is 121 Å². The second kappa shape index (κ2) is 5.61. The first-order valence-corrected chi connectivity index (χ1v) is 7.07. The normalized spacial score (nSPS) is 16.3. The van der Waals surface area contributed by atoms with Crippen molar-refractivity contribution in [2.24, 2.45) is 0 Å². The number of hydrogen-bond acceptors (Lipinski definition) is 4. The standard InChI is InChI=1S/C14H17N5O2/c1-17-6-8-18(9-7-17)13(20)10-19-14(21)11-4-2-3-5-12(11)15-16-19/h2-5H,6-10H2,1H3/p+1. The summed E-state index contributed by atoms with van der Waals surface area (Å²) in [6.45, 7) is 3.27. The van der Waals surface area contributed by atoms with E-state index in [9.17, 15) is 9.59 Å². The van der Waals surface area contributed by atoms with Crippen molar-refractivity contribution in [3.05, 3.63) is 34.6 Å². The lowest BCUT2D eigenvalue weighted by Gasteiger charge is -2.30. The van der Waals surface area contributed by atoms with E-state index >= 15 is 0 Å². The van der Waals surface area contributed by atoms with Crippen LogP contribution in [-0.4, -0.2) is 59.0 Å². The lowest BCUT2D eigenvalue weighted by molar-refractivity contribution is -0.883. The molecule has 7 heteroatoms. The highest BCUT2D eigenvalue weighted by atomic mass is 16.2. The molecule has 0 unspecified atom stereocenters. The molecule has 1 saturated heterocycles. The van der Waals surface area contributed by atoms with Gasteiger partial charge in [0.1, 0.15) is 12.1 Å². The molecule has 1 aliphatic heterocycles. The van der Waals surface area contributed by atoms with Crippen LogP contribution >= 0.6 is 0 Å². The van der Waals surface area contributed by atoms with Crippen molar-refractivity contribution in [2.45, 2.75) is 6.54 Å². The highest BCUT2D eigenvalue weighted by Crippen LogP contribution is 2.03. The van der Waals surface area contributed by atoms with Crippen LogP contribution in [0, 0.1) is 0 Å². The summed E-state index contributed by atoms with van der Waals surface area (Å²) in [5.74, 6) is -0.0748. The highest BCUT2D eigenvalue weighted by molar-refractivity contribution is 5.78. The summed E-state index contributed by atoms with van der Waals surface area (Å²) in [6, 6.07) is 7.02. The number of nitrogens with one attached hydrogen (secondary N) is 1. The van der Waals surface area contributed by atoms with E-state index in [1.807, 2.05) is 0 Å². The smallest absolute Gasteiger partial charge is 0.278 e. The molecule has 1 amide bonds. The van der Waals surface area contributed by atoms with Crippen LogP contribution in [0.1, 0.15) is 0 Å². The van der Waals surface area contributed by atoms with Gasteiger partial charge in [-0.15, -0.1) is 5.10 Å². The van der Waals surface area contributed by atoms with Crippen LogP contribution in [0.5, 0.6) is 0 Å². The molecule has 2 aromatic rings. The van der Waals surface area contributed by atoms with E-state index in [2.05, 4.69) is 17.4 Å². The number of benzene rings is 1. The van der Waals surface area contributed by atoms with Crippen LogP contribution in [0.3, 0.4) is 0 Å². The van der Waals surface area contributed by atoms with E-state index in [1.54, 1.807) is 29.2 Å². The fourth-order valence-corrected chi connectivity index (χ4v) is 2.49. The van der Waals surface area contributed by atoms with Crippen LogP contribution in [0.2, 0.25) is 0 Å². The minimum Gasteiger partial charge on any atom is -0.334 e. The van der Waals surface area contributed by atoms with Crippen molar-refractivity contribution < 1.29 is 9.69 Å². The minimum absolute atomic E-state index is 0.0459. The van der Waals surface area contributed by atoms with Crippen molar-refractivity contribution in [2.75, 3.05) is 33.2 Å². The average Bonchev–Trinajstić information content (AvgIpc) is 2.51. The Hall–Kier alpha value is -2.28. The van der Waals surface area contributed by atoms with Gasteiger partial charge in [0.05, 0.1) is 38.6 Å². The molecule has 1 aromatic carbocycles. The van der Waals surface area contributed by atoms with Crippen LogP contribution in [0.25, 0.3) is 10.9 Å². The quantitative estimate of drug-likeness (QED) is 0.704. The SMILES string of the molecule is C[NH+]1CCN(C(=O)Cn2nnc3ccccc3c2=O)CC1. The molecule has 110 valence electrons. The molecule has 0 spiro atoms. The first-order chi connectivity index (χ1) is 10.1. The predicted octanol–water partition coefficient (Wildman–Crippen LogP) is -1.85. The maximum Gasteiger partial charge on any atom is 0.278 e. The average molecular weight is 288 g/mol. The Morgan fingerprint density at radius 1 is 1.29 bits per heavy atom. The number of carbonyl (C=O) groups is 1. The summed E-state index contributed by atoms with van der Waals surface area (Å²) in [7, 11) is 2.11. The first-order valence-electron chi connectivity index (χ1n) is 7.07. The molecular formula is C14H18N5O2+. The maximum atomic E-state index is 12.3. The third kappa shape index (κ3) is 2.78. The summed E-state index contributed by atoms with van der Waals surface area (Å²) >= 11 is 0. The number of likely N-dealkylation sites (N-methyl/N-ethyl adjacent to an activating group) is 1. The zero-order chi connectivity index (χ0) is 14.8. The number of carbonyl (C=O) groups excluding carboxylic acids is 1. The molecule has 0 aliphatic carbocycles. The fraction of sp³-hybridized carbons (Fsp3) is 0.429.